The van der Waals surface area contributed by atoms with E-state index in [0.717, 1.165) is 61.0 Å². The van der Waals surface area contributed by atoms with Crippen LogP contribution in [0.1, 0.15) is 44.6 Å². The van der Waals surface area contributed by atoms with Crippen LogP contribution in [0.25, 0.3) is 0 Å². The van der Waals surface area contributed by atoms with Crippen LogP contribution in [0.5, 0.6) is 5.75 Å². The molecule has 1 saturated carbocycles. The van der Waals surface area contributed by atoms with Gasteiger partial charge in [-0.25, -0.2) is 0 Å². The lowest BCUT2D eigenvalue weighted by molar-refractivity contribution is 0.00596. The van der Waals surface area contributed by atoms with E-state index >= 15 is 0 Å². The average Bonchev–Trinajstić information content (AvgIpc) is 2.44. The molecule has 2 unspecified atom stereocenters. The summed E-state index contributed by atoms with van der Waals surface area (Å²) < 4.78 is 7.09. The Morgan fingerprint density at radius 3 is 2.90 bits per heavy atom. The molecular formula is C16H24BrNO2. The van der Waals surface area contributed by atoms with Crippen molar-refractivity contribution in [1.29, 1.82) is 0 Å². The predicted molar refractivity (Wildman–Crippen MR) is 85.0 cm³/mol. The first-order valence-electron chi connectivity index (χ1n) is 7.55. The molecule has 1 aliphatic carbocycles. The van der Waals surface area contributed by atoms with Crippen LogP contribution in [0.3, 0.4) is 0 Å². The molecule has 3 nitrogen and oxygen atoms in total. The Morgan fingerprint density at radius 2 is 2.15 bits per heavy atom. The molecule has 1 aromatic carbocycles. The summed E-state index contributed by atoms with van der Waals surface area (Å²) in [5, 5.41) is 13.5. The number of nitrogens with one attached hydrogen (secondary N) is 1. The summed E-state index contributed by atoms with van der Waals surface area (Å²) in [4.78, 5) is 0. The minimum Gasteiger partial charge on any atom is -0.486 e. The maximum atomic E-state index is 10.1. The van der Waals surface area contributed by atoms with Gasteiger partial charge in [0.2, 0.25) is 0 Å². The van der Waals surface area contributed by atoms with E-state index in [9.17, 15) is 5.11 Å². The fourth-order valence-electron chi connectivity index (χ4n) is 2.59. The number of hydrogen-bond acceptors (Lipinski definition) is 3. The van der Waals surface area contributed by atoms with E-state index in [2.05, 4.69) is 34.2 Å². The SMILES string of the molecule is CCCNCc1cccc(Br)c1OC1CCCCC1O. The number of benzene rings is 1. The zero-order chi connectivity index (χ0) is 14.4. The van der Waals surface area contributed by atoms with Gasteiger partial charge in [-0.05, 0) is 54.2 Å². The quantitative estimate of drug-likeness (QED) is 0.776. The van der Waals surface area contributed by atoms with Gasteiger partial charge >= 0.3 is 0 Å². The Kier molecular flexibility index (Phi) is 6.33. The van der Waals surface area contributed by atoms with Gasteiger partial charge in [0, 0.05) is 12.1 Å². The van der Waals surface area contributed by atoms with Crippen LogP contribution in [0.2, 0.25) is 0 Å². The number of ether oxygens (including phenoxy) is 1. The van der Waals surface area contributed by atoms with Gasteiger partial charge < -0.3 is 15.2 Å². The van der Waals surface area contributed by atoms with Crippen molar-refractivity contribution in [2.45, 2.75) is 57.8 Å². The van der Waals surface area contributed by atoms with E-state index in [1.165, 1.54) is 0 Å². The summed E-state index contributed by atoms with van der Waals surface area (Å²) >= 11 is 3.57. The molecule has 0 spiro atoms. The van der Waals surface area contributed by atoms with Crippen LogP contribution in [-0.4, -0.2) is 23.9 Å². The van der Waals surface area contributed by atoms with Crippen molar-refractivity contribution in [2.24, 2.45) is 0 Å². The van der Waals surface area contributed by atoms with E-state index in [1.54, 1.807) is 0 Å². The maximum Gasteiger partial charge on any atom is 0.138 e. The van der Waals surface area contributed by atoms with Crippen molar-refractivity contribution in [1.82, 2.24) is 5.32 Å². The Labute approximate surface area is 129 Å². The molecule has 4 heteroatoms. The monoisotopic (exact) mass is 341 g/mol. The first kappa shape index (κ1) is 15.8. The van der Waals surface area contributed by atoms with Gasteiger partial charge in [0.1, 0.15) is 11.9 Å². The van der Waals surface area contributed by atoms with E-state index < -0.39 is 0 Å². The summed E-state index contributed by atoms with van der Waals surface area (Å²) in [5.41, 5.74) is 1.14. The molecule has 0 bridgehead atoms. The van der Waals surface area contributed by atoms with Gasteiger partial charge in [0.25, 0.3) is 0 Å². The van der Waals surface area contributed by atoms with Crippen molar-refractivity contribution >= 4 is 15.9 Å². The van der Waals surface area contributed by atoms with E-state index in [4.69, 9.17) is 4.74 Å². The lowest BCUT2D eigenvalue weighted by Gasteiger charge is -2.29. The largest absolute Gasteiger partial charge is 0.486 e. The zero-order valence-corrected chi connectivity index (χ0v) is 13.7. The van der Waals surface area contributed by atoms with Crippen LogP contribution in [0.4, 0.5) is 0 Å². The summed E-state index contributed by atoms with van der Waals surface area (Å²) in [6.07, 6.45) is 4.71. The summed E-state index contributed by atoms with van der Waals surface area (Å²) in [7, 11) is 0. The van der Waals surface area contributed by atoms with Crippen LogP contribution in [-0.2, 0) is 6.54 Å². The summed E-state index contributed by atoms with van der Waals surface area (Å²) in [6, 6.07) is 6.10. The lowest BCUT2D eigenvalue weighted by atomic mass is 9.95. The number of aliphatic hydroxyl groups excluding tert-OH is 1. The van der Waals surface area contributed by atoms with Gasteiger partial charge in [-0.3, -0.25) is 0 Å². The molecule has 1 aromatic rings. The molecule has 0 radical (unpaired) electrons. The molecule has 2 rings (SSSR count). The highest BCUT2D eigenvalue weighted by atomic mass is 79.9. The fraction of sp³-hybridized carbons (Fsp3) is 0.625. The second kappa shape index (κ2) is 8.01. The molecule has 0 heterocycles. The molecule has 1 aliphatic rings. The molecule has 112 valence electrons. The molecule has 1 fully saturated rings. The predicted octanol–water partition coefficient (Wildman–Crippen LogP) is 3.63. The zero-order valence-electron chi connectivity index (χ0n) is 12.1. The van der Waals surface area contributed by atoms with Crippen molar-refractivity contribution in [3.05, 3.63) is 28.2 Å². The smallest absolute Gasteiger partial charge is 0.138 e. The minimum absolute atomic E-state index is 0.0765. The molecule has 2 N–H and O–H groups in total. The van der Waals surface area contributed by atoms with Gasteiger partial charge in [-0.2, -0.15) is 0 Å². The first-order valence-corrected chi connectivity index (χ1v) is 8.34. The van der Waals surface area contributed by atoms with E-state index in [0.29, 0.717) is 0 Å². The number of halogens is 1. The summed E-state index contributed by atoms with van der Waals surface area (Å²) in [6.45, 7) is 3.95. The number of hydrogen-bond donors (Lipinski definition) is 2. The van der Waals surface area contributed by atoms with Crippen molar-refractivity contribution in [3.8, 4) is 5.75 Å². The number of rotatable bonds is 6. The van der Waals surface area contributed by atoms with Crippen molar-refractivity contribution in [3.63, 3.8) is 0 Å². The third-order valence-corrected chi connectivity index (χ3v) is 4.35. The Balaban J connectivity index is 2.08. The topological polar surface area (TPSA) is 41.5 Å². The highest BCUT2D eigenvalue weighted by molar-refractivity contribution is 9.10. The van der Waals surface area contributed by atoms with Gasteiger partial charge in [-0.1, -0.05) is 25.5 Å². The Bertz CT molecular complexity index is 425. The molecule has 0 aliphatic heterocycles. The van der Waals surface area contributed by atoms with Gasteiger partial charge in [0.05, 0.1) is 10.6 Å². The second-order valence-corrected chi connectivity index (χ2v) is 6.27. The van der Waals surface area contributed by atoms with Gasteiger partial charge in [0.15, 0.2) is 0 Å². The molecule has 0 amide bonds. The van der Waals surface area contributed by atoms with Crippen molar-refractivity contribution in [2.75, 3.05) is 6.54 Å². The number of para-hydroxylation sites is 1. The van der Waals surface area contributed by atoms with E-state index in [-0.39, 0.29) is 12.2 Å². The standard InChI is InChI=1S/C16H24BrNO2/c1-2-10-18-11-12-6-5-7-13(17)16(12)20-15-9-4-3-8-14(15)19/h5-7,14-15,18-19H,2-4,8-11H2,1H3. The molecule has 0 saturated heterocycles. The van der Waals surface area contributed by atoms with Crippen LogP contribution < -0.4 is 10.1 Å². The van der Waals surface area contributed by atoms with Crippen LogP contribution >= 0.6 is 15.9 Å². The highest BCUT2D eigenvalue weighted by Gasteiger charge is 2.26. The second-order valence-electron chi connectivity index (χ2n) is 5.41. The van der Waals surface area contributed by atoms with Gasteiger partial charge in [-0.15, -0.1) is 0 Å². The average molecular weight is 342 g/mol. The van der Waals surface area contributed by atoms with Crippen LogP contribution in [0.15, 0.2) is 22.7 Å². The highest BCUT2D eigenvalue weighted by Crippen LogP contribution is 2.32. The minimum atomic E-state index is -0.340. The molecule has 20 heavy (non-hydrogen) atoms. The molecule has 0 aromatic heterocycles. The van der Waals surface area contributed by atoms with Crippen LogP contribution in [0, 0.1) is 0 Å². The summed E-state index contributed by atoms with van der Waals surface area (Å²) in [5.74, 6) is 0.877. The van der Waals surface area contributed by atoms with E-state index in [1.807, 2.05) is 12.1 Å². The lowest BCUT2D eigenvalue weighted by Crippen LogP contribution is -2.35. The Morgan fingerprint density at radius 1 is 1.35 bits per heavy atom. The Hall–Kier alpha value is -0.580. The van der Waals surface area contributed by atoms with Crippen molar-refractivity contribution < 1.29 is 9.84 Å². The third kappa shape index (κ3) is 4.21. The number of aliphatic hydroxyl groups is 1. The molecule has 2 atom stereocenters. The normalized spacial score (nSPS) is 22.8. The fourth-order valence-corrected chi connectivity index (χ4v) is 3.09. The first-order chi connectivity index (χ1) is 9.72. The molecular weight excluding hydrogens is 318 g/mol. The third-order valence-electron chi connectivity index (χ3n) is 3.73. The maximum absolute atomic E-state index is 10.1.